The highest BCUT2D eigenvalue weighted by molar-refractivity contribution is 9.10. The molecule has 0 saturated heterocycles. The summed E-state index contributed by atoms with van der Waals surface area (Å²) < 4.78 is 32.2. The van der Waals surface area contributed by atoms with E-state index in [9.17, 15) is 13.6 Å². The predicted molar refractivity (Wildman–Crippen MR) is 78.3 cm³/mol. The summed E-state index contributed by atoms with van der Waals surface area (Å²) in [6.07, 6.45) is -1.80. The number of hydrogen-bond donors (Lipinski definition) is 1. The Morgan fingerprint density at radius 1 is 1.48 bits per heavy atom. The number of halogens is 3. The van der Waals surface area contributed by atoms with Gasteiger partial charge < -0.3 is 10.1 Å². The summed E-state index contributed by atoms with van der Waals surface area (Å²) in [6, 6.07) is 0. The molecule has 1 rings (SSSR count). The first-order chi connectivity index (χ1) is 9.82. The van der Waals surface area contributed by atoms with Gasteiger partial charge in [-0.25, -0.2) is 8.78 Å². The molecule has 1 amide bonds. The fourth-order valence-electron chi connectivity index (χ4n) is 1.65. The van der Waals surface area contributed by atoms with Gasteiger partial charge in [0.25, 0.3) is 6.43 Å². The Labute approximate surface area is 131 Å². The molecule has 0 saturated carbocycles. The van der Waals surface area contributed by atoms with Crippen LogP contribution in [0.25, 0.3) is 0 Å². The lowest BCUT2D eigenvalue weighted by Crippen LogP contribution is -2.30. The van der Waals surface area contributed by atoms with E-state index in [1.54, 1.807) is 6.92 Å². The highest BCUT2D eigenvalue weighted by Crippen LogP contribution is 2.28. The van der Waals surface area contributed by atoms with Crippen molar-refractivity contribution in [1.29, 1.82) is 0 Å². The van der Waals surface area contributed by atoms with Crippen molar-refractivity contribution in [3.63, 3.8) is 0 Å². The van der Waals surface area contributed by atoms with Crippen LogP contribution >= 0.6 is 15.9 Å². The second kappa shape index (κ2) is 8.43. The van der Waals surface area contributed by atoms with Gasteiger partial charge in [-0.3, -0.25) is 9.48 Å². The third kappa shape index (κ3) is 5.70. The van der Waals surface area contributed by atoms with Crippen LogP contribution in [-0.2, 0) is 16.1 Å². The van der Waals surface area contributed by atoms with Gasteiger partial charge in [-0.2, -0.15) is 5.10 Å². The van der Waals surface area contributed by atoms with E-state index in [1.165, 1.54) is 4.68 Å². The molecule has 5 nitrogen and oxygen atoms in total. The molecule has 0 aliphatic carbocycles. The van der Waals surface area contributed by atoms with Crippen LogP contribution in [0.4, 0.5) is 8.78 Å². The molecule has 0 unspecified atom stereocenters. The van der Waals surface area contributed by atoms with Crippen molar-refractivity contribution in [2.24, 2.45) is 0 Å². The molecular formula is C13H20BrF2N3O2. The van der Waals surface area contributed by atoms with E-state index in [1.807, 2.05) is 13.8 Å². The fraction of sp³-hybridized carbons (Fsp3) is 0.692. The molecule has 1 aromatic heterocycles. The van der Waals surface area contributed by atoms with E-state index in [0.717, 1.165) is 0 Å². The van der Waals surface area contributed by atoms with Crippen LogP contribution < -0.4 is 5.32 Å². The minimum Gasteiger partial charge on any atom is -0.379 e. The van der Waals surface area contributed by atoms with E-state index >= 15 is 0 Å². The maximum atomic E-state index is 12.7. The molecule has 1 heterocycles. The Balaban J connectivity index is 2.43. The largest absolute Gasteiger partial charge is 0.379 e. The lowest BCUT2D eigenvalue weighted by Gasteiger charge is -2.09. The van der Waals surface area contributed by atoms with E-state index in [2.05, 4.69) is 26.3 Å². The molecule has 0 fully saturated rings. The monoisotopic (exact) mass is 367 g/mol. The maximum absolute atomic E-state index is 12.7. The van der Waals surface area contributed by atoms with Gasteiger partial charge in [-0.1, -0.05) is 0 Å². The molecule has 0 aliphatic heterocycles. The van der Waals surface area contributed by atoms with Crippen molar-refractivity contribution in [1.82, 2.24) is 15.1 Å². The maximum Gasteiger partial charge on any atom is 0.283 e. The summed E-state index contributed by atoms with van der Waals surface area (Å²) in [5, 5.41) is 6.46. The van der Waals surface area contributed by atoms with Crippen molar-refractivity contribution in [2.45, 2.75) is 46.3 Å². The van der Waals surface area contributed by atoms with Crippen molar-refractivity contribution in [3.8, 4) is 0 Å². The van der Waals surface area contributed by atoms with Gasteiger partial charge >= 0.3 is 0 Å². The number of amides is 1. The topological polar surface area (TPSA) is 56.2 Å². The van der Waals surface area contributed by atoms with Crippen LogP contribution in [0.2, 0.25) is 0 Å². The minimum absolute atomic E-state index is 0.0812. The standard InChI is InChI=1S/C13H20BrF2N3O2/c1-8(2)21-6-4-5-17-10(20)7-19-9(3)11(14)12(18-19)13(15)16/h8,13H,4-7H2,1-3H3,(H,17,20). The highest BCUT2D eigenvalue weighted by Gasteiger charge is 2.20. The fourth-order valence-corrected chi connectivity index (χ4v) is 2.11. The molecule has 120 valence electrons. The molecule has 21 heavy (non-hydrogen) atoms. The molecule has 1 aromatic rings. The zero-order chi connectivity index (χ0) is 16.0. The SMILES string of the molecule is Cc1c(Br)c(C(F)F)nn1CC(=O)NCCCOC(C)C. The number of aromatic nitrogens is 2. The van der Waals surface area contributed by atoms with Crippen LogP contribution in [0.5, 0.6) is 0 Å². The third-order valence-corrected chi connectivity index (χ3v) is 3.73. The number of nitrogens with zero attached hydrogens (tertiary/aromatic N) is 2. The molecule has 0 spiro atoms. The first-order valence-corrected chi connectivity index (χ1v) is 7.51. The molecule has 0 aromatic carbocycles. The number of ether oxygens (including phenoxy) is 1. The smallest absolute Gasteiger partial charge is 0.283 e. The second-order valence-electron chi connectivity index (χ2n) is 4.87. The number of hydrogen-bond acceptors (Lipinski definition) is 3. The molecule has 0 radical (unpaired) electrons. The van der Waals surface area contributed by atoms with Gasteiger partial charge in [0.05, 0.1) is 16.3 Å². The zero-order valence-electron chi connectivity index (χ0n) is 12.3. The predicted octanol–water partition coefficient (Wildman–Crippen LogP) is 2.82. The average Bonchev–Trinajstić information content (AvgIpc) is 2.66. The van der Waals surface area contributed by atoms with E-state index in [-0.39, 0.29) is 28.7 Å². The van der Waals surface area contributed by atoms with E-state index in [0.29, 0.717) is 25.3 Å². The molecule has 0 bridgehead atoms. The van der Waals surface area contributed by atoms with Crippen LogP contribution in [0.1, 0.15) is 38.1 Å². The normalized spacial score (nSPS) is 11.4. The van der Waals surface area contributed by atoms with Crippen LogP contribution in [0.15, 0.2) is 4.47 Å². The van der Waals surface area contributed by atoms with E-state index < -0.39 is 6.43 Å². The first-order valence-electron chi connectivity index (χ1n) is 6.72. The second-order valence-corrected chi connectivity index (χ2v) is 5.66. The summed E-state index contributed by atoms with van der Waals surface area (Å²) in [5.41, 5.74) is 0.161. The zero-order valence-corrected chi connectivity index (χ0v) is 13.9. The van der Waals surface area contributed by atoms with Crippen LogP contribution in [-0.4, -0.2) is 34.9 Å². The summed E-state index contributed by atoms with van der Waals surface area (Å²) in [6.45, 7) is 6.48. The molecule has 8 heteroatoms. The number of rotatable bonds is 8. The quantitative estimate of drug-likeness (QED) is 0.718. The summed E-state index contributed by atoms with van der Waals surface area (Å²) >= 11 is 3.07. The molecule has 0 atom stereocenters. The van der Waals surface area contributed by atoms with Gasteiger partial charge in [-0.15, -0.1) is 0 Å². The Bertz CT molecular complexity index is 478. The third-order valence-electron chi connectivity index (χ3n) is 2.75. The number of carbonyl (C=O) groups is 1. The van der Waals surface area contributed by atoms with Gasteiger partial charge in [0.2, 0.25) is 5.91 Å². The highest BCUT2D eigenvalue weighted by atomic mass is 79.9. The average molecular weight is 368 g/mol. The van der Waals surface area contributed by atoms with Crippen molar-refractivity contribution in [3.05, 3.63) is 15.9 Å². The minimum atomic E-state index is -2.67. The molecular weight excluding hydrogens is 348 g/mol. The van der Waals surface area contributed by atoms with Crippen molar-refractivity contribution in [2.75, 3.05) is 13.2 Å². The lowest BCUT2D eigenvalue weighted by molar-refractivity contribution is -0.121. The summed E-state index contributed by atoms with van der Waals surface area (Å²) in [5.74, 6) is -0.265. The van der Waals surface area contributed by atoms with Crippen molar-refractivity contribution >= 4 is 21.8 Å². The summed E-state index contributed by atoms with van der Waals surface area (Å²) in [4.78, 5) is 11.7. The van der Waals surface area contributed by atoms with Crippen LogP contribution in [0.3, 0.4) is 0 Å². The van der Waals surface area contributed by atoms with Crippen molar-refractivity contribution < 1.29 is 18.3 Å². The van der Waals surface area contributed by atoms with Gasteiger partial charge in [0.1, 0.15) is 12.2 Å². The Morgan fingerprint density at radius 3 is 2.67 bits per heavy atom. The first kappa shape index (κ1) is 18.0. The Morgan fingerprint density at radius 2 is 2.14 bits per heavy atom. The number of carbonyl (C=O) groups excluding carboxylic acids is 1. The molecule has 1 N–H and O–H groups in total. The summed E-state index contributed by atoms with van der Waals surface area (Å²) in [7, 11) is 0. The number of nitrogens with one attached hydrogen (secondary N) is 1. The van der Waals surface area contributed by atoms with Crippen LogP contribution in [0, 0.1) is 6.92 Å². The van der Waals surface area contributed by atoms with Gasteiger partial charge in [0, 0.05) is 13.2 Å². The Hall–Kier alpha value is -1.02. The van der Waals surface area contributed by atoms with Gasteiger partial charge in [-0.05, 0) is 43.1 Å². The Kier molecular flexibility index (Phi) is 7.24. The lowest BCUT2D eigenvalue weighted by atomic mass is 10.4. The molecule has 0 aliphatic rings. The number of alkyl halides is 2. The van der Waals surface area contributed by atoms with Gasteiger partial charge in [0.15, 0.2) is 0 Å². The van der Waals surface area contributed by atoms with E-state index in [4.69, 9.17) is 4.74 Å².